The summed E-state index contributed by atoms with van der Waals surface area (Å²) < 4.78 is 6.84. The van der Waals surface area contributed by atoms with Crippen LogP contribution >= 0.6 is 22.9 Å². The average Bonchev–Trinajstić information content (AvgIpc) is 2.92. The summed E-state index contributed by atoms with van der Waals surface area (Å²) in [6.07, 6.45) is 1.61. The second kappa shape index (κ2) is 5.79. The molecule has 18 heavy (non-hydrogen) atoms. The molecule has 98 valence electrons. The summed E-state index contributed by atoms with van der Waals surface area (Å²) in [6, 6.07) is -0.302. The highest BCUT2D eigenvalue weighted by atomic mass is 35.5. The zero-order chi connectivity index (χ0) is 13.1. The number of methoxy groups -OCH3 is 1. The second-order valence-corrected chi connectivity index (χ2v) is 5.17. The van der Waals surface area contributed by atoms with Gasteiger partial charge in [-0.3, -0.25) is 4.68 Å². The minimum absolute atomic E-state index is 0.302. The first kappa shape index (κ1) is 13.5. The molecule has 0 fully saturated rings. The third kappa shape index (κ3) is 2.56. The lowest BCUT2D eigenvalue weighted by atomic mass is 10.1. The van der Waals surface area contributed by atoms with E-state index in [2.05, 4.69) is 10.1 Å². The molecule has 5 nitrogen and oxygen atoms in total. The molecule has 0 aromatic carbocycles. The maximum absolute atomic E-state index is 6.26. The van der Waals surface area contributed by atoms with Gasteiger partial charge in [0.05, 0.1) is 52.2 Å². The largest absolute Gasteiger partial charge is 0.383 e. The monoisotopic (exact) mass is 286 g/mol. The van der Waals surface area contributed by atoms with E-state index in [-0.39, 0.29) is 6.04 Å². The van der Waals surface area contributed by atoms with Gasteiger partial charge in [-0.1, -0.05) is 11.6 Å². The van der Waals surface area contributed by atoms with Gasteiger partial charge in [0.2, 0.25) is 0 Å². The van der Waals surface area contributed by atoms with E-state index in [1.165, 1.54) is 11.3 Å². The Balaban J connectivity index is 2.32. The van der Waals surface area contributed by atoms with E-state index >= 15 is 0 Å². The van der Waals surface area contributed by atoms with Gasteiger partial charge in [-0.05, 0) is 6.92 Å². The van der Waals surface area contributed by atoms with E-state index in [9.17, 15) is 0 Å². The molecule has 2 rings (SSSR count). The zero-order valence-electron chi connectivity index (χ0n) is 10.3. The fourth-order valence-corrected chi connectivity index (χ4v) is 2.84. The van der Waals surface area contributed by atoms with Crippen LogP contribution in [0.3, 0.4) is 0 Å². The van der Waals surface area contributed by atoms with Crippen molar-refractivity contribution >= 4 is 22.9 Å². The Hall–Kier alpha value is -0.950. The number of nitrogens with zero attached hydrogens (tertiary/aromatic N) is 3. The normalized spacial score (nSPS) is 12.9. The first-order valence-electron chi connectivity index (χ1n) is 5.50. The predicted octanol–water partition coefficient (Wildman–Crippen LogP) is 2.00. The van der Waals surface area contributed by atoms with E-state index in [0.29, 0.717) is 18.2 Å². The Morgan fingerprint density at radius 2 is 2.39 bits per heavy atom. The van der Waals surface area contributed by atoms with E-state index in [1.807, 2.05) is 6.92 Å². The predicted molar refractivity (Wildman–Crippen MR) is 72.0 cm³/mol. The molecule has 0 spiro atoms. The molecule has 0 bridgehead atoms. The molecule has 0 saturated heterocycles. The molecule has 2 N–H and O–H groups in total. The number of thiazole rings is 1. The van der Waals surface area contributed by atoms with Crippen LogP contribution in [0.25, 0.3) is 0 Å². The summed E-state index contributed by atoms with van der Waals surface area (Å²) in [5, 5.41) is 4.80. The molecule has 1 unspecified atom stereocenters. The average molecular weight is 287 g/mol. The van der Waals surface area contributed by atoms with Gasteiger partial charge in [-0.2, -0.15) is 5.10 Å². The Labute approximate surface area is 115 Å². The number of halogens is 1. The minimum atomic E-state index is -0.302. The molecular weight excluding hydrogens is 272 g/mol. The van der Waals surface area contributed by atoms with Crippen molar-refractivity contribution in [2.45, 2.75) is 19.5 Å². The molecule has 2 aromatic rings. The fraction of sp³-hybridized carbons (Fsp3) is 0.455. The SMILES string of the molecule is COCCn1ncc(Cl)c1C(N)c1scnc1C. The molecule has 0 aliphatic heterocycles. The van der Waals surface area contributed by atoms with Gasteiger partial charge >= 0.3 is 0 Å². The van der Waals surface area contributed by atoms with Crippen LogP contribution in [0.2, 0.25) is 5.02 Å². The molecule has 0 radical (unpaired) electrons. The van der Waals surface area contributed by atoms with E-state index in [1.54, 1.807) is 23.5 Å². The third-order valence-corrected chi connectivity index (χ3v) is 4.01. The molecule has 0 amide bonds. The summed E-state index contributed by atoms with van der Waals surface area (Å²) in [7, 11) is 1.65. The standard InChI is InChI=1S/C11H15ClN4OS/c1-7-11(18-6-14-7)9(13)10-8(12)5-15-16(10)3-4-17-2/h5-6,9H,3-4,13H2,1-2H3. The topological polar surface area (TPSA) is 66.0 Å². The summed E-state index contributed by atoms with van der Waals surface area (Å²) in [5.74, 6) is 0. The van der Waals surface area contributed by atoms with Gasteiger partial charge in [-0.25, -0.2) is 4.98 Å². The van der Waals surface area contributed by atoms with Crippen LogP contribution in [-0.4, -0.2) is 28.5 Å². The molecule has 0 aliphatic rings. The van der Waals surface area contributed by atoms with Gasteiger partial charge in [0.1, 0.15) is 0 Å². The number of aryl methyl sites for hydroxylation is 1. The molecule has 1 atom stereocenters. The number of nitrogens with two attached hydrogens (primary N) is 1. The molecular formula is C11H15ClN4OS. The highest BCUT2D eigenvalue weighted by Crippen LogP contribution is 2.30. The van der Waals surface area contributed by atoms with Crippen molar-refractivity contribution < 1.29 is 4.74 Å². The number of rotatable bonds is 5. The Bertz CT molecular complexity index is 525. The lowest BCUT2D eigenvalue weighted by Crippen LogP contribution is -2.19. The zero-order valence-corrected chi connectivity index (χ0v) is 11.8. The molecule has 2 heterocycles. The fourth-order valence-electron chi connectivity index (χ4n) is 1.77. The number of ether oxygens (including phenoxy) is 1. The van der Waals surface area contributed by atoms with Gasteiger partial charge < -0.3 is 10.5 Å². The van der Waals surface area contributed by atoms with Crippen molar-refractivity contribution in [2.24, 2.45) is 5.73 Å². The van der Waals surface area contributed by atoms with E-state index in [0.717, 1.165) is 16.3 Å². The summed E-state index contributed by atoms with van der Waals surface area (Å²) in [4.78, 5) is 5.22. The molecule has 7 heteroatoms. The third-order valence-electron chi connectivity index (χ3n) is 2.70. The highest BCUT2D eigenvalue weighted by molar-refractivity contribution is 7.09. The van der Waals surface area contributed by atoms with Crippen LogP contribution in [0.5, 0.6) is 0 Å². The van der Waals surface area contributed by atoms with Crippen molar-refractivity contribution in [3.63, 3.8) is 0 Å². The first-order chi connectivity index (χ1) is 8.65. The Morgan fingerprint density at radius 3 is 3.00 bits per heavy atom. The van der Waals surface area contributed by atoms with Crippen LogP contribution in [0.1, 0.15) is 22.3 Å². The van der Waals surface area contributed by atoms with E-state index in [4.69, 9.17) is 22.1 Å². The Kier molecular flexibility index (Phi) is 4.34. The second-order valence-electron chi connectivity index (χ2n) is 3.87. The van der Waals surface area contributed by atoms with Crippen molar-refractivity contribution in [1.82, 2.24) is 14.8 Å². The maximum Gasteiger partial charge on any atom is 0.0851 e. The van der Waals surface area contributed by atoms with Crippen molar-refractivity contribution in [3.05, 3.63) is 33.0 Å². The quantitative estimate of drug-likeness (QED) is 0.913. The lowest BCUT2D eigenvalue weighted by molar-refractivity contribution is 0.182. The summed E-state index contributed by atoms with van der Waals surface area (Å²) in [6.45, 7) is 3.14. The van der Waals surface area contributed by atoms with Crippen LogP contribution in [0.4, 0.5) is 0 Å². The van der Waals surface area contributed by atoms with Crippen molar-refractivity contribution in [1.29, 1.82) is 0 Å². The highest BCUT2D eigenvalue weighted by Gasteiger charge is 2.21. The summed E-state index contributed by atoms with van der Waals surface area (Å²) in [5.41, 5.74) is 9.79. The number of hydrogen-bond donors (Lipinski definition) is 1. The molecule has 0 aliphatic carbocycles. The van der Waals surface area contributed by atoms with Gasteiger partial charge in [0, 0.05) is 7.11 Å². The number of hydrogen-bond acceptors (Lipinski definition) is 5. The van der Waals surface area contributed by atoms with Crippen molar-refractivity contribution in [3.8, 4) is 0 Å². The van der Waals surface area contributed by atoms with Crippen LogP contribution in [0.15, 0.2) is 11.7 Å². The van der Waals surface area contributed by atoms with Crippen LogP contribution < -0.4 is 5.73 Å². The van der Waals surface area contributed by atoms with Crippen molar-refractivity contribution in [2.75, 3.05) is 13.7 Å². The van der Waals surface area contributed by atoms with Gasteiger partial charge in [0.15, 0.2) is 0 Å². The van der Waals surface area contributed by atoms with E-state index < -0.39 is 0 Å². The van der Waals surface area contributed by atoms with Crippen LogP contribution in [-0.2, 0) is 11.3 Å². The first-order valence-corrected chi connectivity index (χ1v) is 6.76. The van der Waals surface area contributed by atoms with Crippen LogP contribution in [0, 0.1) is 6.92 Å². The summed E-state index contributed by atoms with van der Waals surface area (Å²) >= 11 is 7.70. The van der Waals surface area contributed by atoms with Gasteiger partial charge in [0.25, 0.3) is 0 Å². The lowest BCUT2D eigenvalue weighted by Gasteiger charge is -2.14. The van der Waals surface area contributed by atoms with Gasteiger partial charge in [-0.15, -0.1) is 11.3 Å². The molecule has 0 saturated carbocycles. The molecule has 2 aromatic heterocycles. The number of aromatic nitrogens is 3. The maximum atomic E-state index is 6.26. The smallest absolute Gasteiger partial charge is 0.0851 e. The Morgan fingerprint density at radius 1 is 1.61 bits per heavy atom. The minimum Gasteiger partial charge on any atom is -0.383 e.